The standard InChI is InChI=1S/C21H24N2O4S2/c1-12-3-6-14(7-4-12)22-17(24)10-28-11-18(25)23-20-19(21(26)27)15-8-5-13(2)9-16(15)29-20/h3-4,6-7,13H,5,8-11H2,1-2H3,(H,22,24)(H,23,25)(H,26,27). The van der Waals surface area contributed by atoms with Crippen molar-refractivity contribution in [1.29, 1.82) is 0 Å². The summed E-state index contributed by atoms with van der Waals surface area (Å²) in [4.78, 5) is 37.1. The van der Waals surface area contributed by atoms with Gasteiger partial charge in [0.05, 0.1) is 17.1 Å². The third-order valence-corrected chi connectivity index (χ3v) is 6.88. The third-order valence-electron chi connectivity index (χ3n) is 4.78. The molecular formula is C21H24N2O4S2. The molecule has 6 nitrogen and oxygen atoms in total. The molecule has 29 heavy (non-hydrogen) atoms. The molecule has 1 aromatic heterocycles. The first-order chi connectivity index (χ1) is 13.8. The van der Waals surface area contributed by atoms with Crippen LogP contribution in [0.25, 0.3) is 0 Å². The molecule has 0 spiro atoms. The molecule has 0 saturated carbocycles. The van der Waals surface area contributed by atoms with E-state index in [1.165, 1.54) is 23.1 Å². The average Bonchev–Trinajstić information content (AvgIpc) is 3.00. The summed E-state index contributed by atoms with van der Waals surface area (Å²) in [5.74, 6) is -0.734. The summed E-state index contributed by atoms with van der Waals surface area (Å²) in [6.07, 6.45) is 2.55. The number of nitrogens with one attached hydrogen (secondary N) is 2. The Morgan fingerprint density at radius 1 is 1.14 bits per heavy atom. The van der Waals surface area contributed by atoms with Gasteiger partial charge in [-0.1, -0.05) is 24.6 Å². The predicted octanol–water partition coefficient (Wildman–Crippen LogP) is 4.19. The van der Waals surface area contributed by atoms with Crippen LogP contribution in [0.5, 0.6) is 0 Å². The highest BCUT2D eigenvalue weighted by Crippen LogP contribution is 2.39. The van der Waals surface area contributed by atoms with Gasteiger partial charge < -0.3 is 15.7 Å². The summed E-state index contributed by atoms with van der Waals surface area (Å²) in [6, 6.07) is 7.49. The molecule has 1 aliphatic rings. The van der Waals surface area contributed by atoms with Crippen LogP contribution >= 0.6 is 23.1 Å². The number of fused-ring (bicyclic) bond motifs is 1. The second-order valence-electron chi connectivity index (χ2n) is 7.32. The summed E-state index contributed by atoms with van der Waals surface area (Å²) in [5, 5.41) is 15.5. The van der Waals surface area contributed by atoms with Crippen molar-refractivity contribution in [2.45, 2.75) is 33.1 Å². The van der Waals surface area contributed by atoms with Gasteiger partial charge in [0.25, 0.3) is 0 Å². The van der Waals surface area contributed by atoms with E-state index in [1.54, 1.807) is 0 Å². The lowest BCUT2D eigenvalue weighted by Gasteiger charge is -2.17. The first-order valence-corrected chi connectivity index (χ1v) is 11.4. The van der Waals surface area contributed by atoms with Gasteiger partial charge in [0.1, 0.15) is 5.00 Å². The van der Waals surface area contributed by atoms with Gasteiger partial charge in [0, 0.05) is 10.6 Å². The lowest BCUT2D eigenvalue weighted by atomic mass is 9.88. The summed E-state index contributed by atoms with van der Waals surface area (Å²) < 4.78 is 0. The van der Waals surface area contributed by atoms with Gasteiger partial charge >= 0.3 is 5.97 Å². The average molecular weight is 433 g/mol. The van der Waals surface area contributed by atoms with E-state index >= 15 is 0 Å². The number of anilines is 2. The number of rotatable bonds is 7. The normalized spacial score (nSPS) is 15.4. The quantitative estimate of drug-likeness (QED) is 0.610. The summed E-state index contributed by atoms with van der Waals surface area (Å²) >= 11 is 2.56. The number of carbonyl (C=O) groups is 3. The second-order valence-corrected chi connectivity index (χ2v) is 9.41. The lowest BCUT2D eigenvalue weighted by molar-refractivity contribution is -0.114. The Bertz CT molecular complexity index is 922. The van der Waals surface area contributed by atoms with Crippen molar-refractivity contribution in [3.05, 3.63) is 45.8 Å². The van der Waals surface area contributed by atoms with Crippen LogP contribution in [0.4, 0.5) is 10.7 Å². The maximum absolute atomic E-state index is 12.3. The fraction of sp³-hybridized carbons (Fsp3) is 0.381. The number of carbonyl (C=O) groups excluding carboxylic acids is 2. The molecule has 0 aliphatic heterocycles. The van der Waals surface area contributed by atoms with Crippen LogP contribution in [-0.2, 0) is 22.4 Å². The van der Waals surface area contributed by atoms with Crippen LogP contribution in [0, 0.1) is 12.8 Å². The van der Waals surface area contributed by atoms with Gasteiger partial charge in [0.15, 0.2) is 0 Å². The fourth-order valence-electron chi connectivity index (χ4n) is 3.30. The van der Waals surface area contributed by atoms with Crippen molar-refractivity contribution in [2.75, 3.05) is 22.1 Å². The maximum atomic E-state index is 12.3. The Morgan fingerprint density at radius 3 is 2.45 bits per heavy atom. The van der Waals surface area contributed by atoms with Gasteiger partial charge in [-0.15, -0.1) is 23.1 Å². The van der Waals surface area contributed by atoms with Crippen LogP contribution < -0.4 is 10.6 Å². The zero-order valence-electron chi connectivity index (χ0n) is 16.4. The topological polar surface area (TPSA) is 95.5 Å². The largest absolute Gasteiger partial charge is 0.478 e. The summed E-state index contributed by atoms with van der Waals surface area (Å²) in [7, 11) is 0. The van der Waals surface area contributed by atoms with Crippen molar-refractivity contribution in [2.24, 2.45) is 5.92 Å². The van der Waals surface area contributed by atoms with Gasteiger partial charge in [-0.05, 0) is 49.8 Å². The zero-order valence-corrected chi connectivity index (χ0v) is 18.0. The molecule has 3 N–H and O–H groups in total. The number of thiophene rings is 1. The number of aromatic carboxylic acids is 1. The summed E-state index contributed by atoms with van der Waals surface area (Å²) in [6.45, 7) is 4.13. The molecule has 0 radical (unpaired) electrons. The number of amides is 2. The van der Waals surface area contributed by atoms with Gasteiger partial charge in [-0.2, -0.15) is 0 Å². The van der Waals surface area contributed by atoms with Crippen LogP contribution in [0.3, 0.4) is 0 Å². The van der Waals surface area contributed by atoms with Gasteiger partial charge in [-0.25, -0.2) is 4.79 Å². The van der Waals surface area contributed by atoms with Gasteiger partial charge in [0.2, 0.25) is 11.8 Å². The van der Waals surface area contributed by atoms with E-state index in [2.05, 4.69) is 17.6 Å². The molecule has 1 unspecified atom stereocenters. The number of hydrogen-bond donors (Lipinski definition) is 3. The number of thioether (sulfide) groups is 1. The van der Waals surface area contributed by atoms with Gasteiger partial charge in [-0.3, -0.25) is 9.59 Å². The lowest BCUT2D eigenvalue weighted by Crippen LogP contribution is -2.19. The van der Waals surface area contributed by atoms with Crippen molar-refractivity contribution < 1.29 is 19.5 Å². The van der Waals surface area contributed by atoms with Crippen molar-refractivity contribution in [1.82, 2.24) is 0 Å². The minimum atomic E-state index is -1.00. The van der Waals surface area contributed by atoms with Crippen molar-refractivity contribution in [3.8, 4) is 0 Å². The molecule has 0 saturated heterocycles. The Hall–Kier alpha value is -2.32. The Labute approximate surface area is 178 Å². The minimum absolute atomic E-state index is 0.0827. The molecule has 3 rings (SSSR count). The highest BCUT2D eigenvalue weighted by Gasteiger charge is 2.28. The zero-order chi connectivity index (χ0) is 21.0. The van der Waals surface area contributed by atoms with E-state index in [0.29, 0.717) is 10.9 Å². The van der Waals surface area contributed by atoms with Crippen molar-refractivity contribution in [3.63, 3.8) is 0 Å². The van der Waals surface area contributed by atoms with Crippen molar-refractivity contribution >= 4 is 51.6 Å². The van der Waals surface area contributed by atoms with E-state index in [0.717, 1.165) is 41.0 Å². The Kier molecular flexibility index (Phi) is 6.97. The first kappa shape index (κ1) is 21.4. The van der Waals surface area contributed by atoms with E-state index in [9.17, 15) is 19.5 Å². The number of carboxylic acids is 1. The Morgan fingerprint density at radius 2 is 1.79 bits per heavy atom. The summed E-state index contributed by atoms with van der Waals surface area (Å²) in [5.41, 5.74) is 2.92. The number of benzene rings is 1. The van der Waals surface area contributed by atoms with Crippen LogP contribution in [0.1, 0.15) is 39.7 Å². The molecule has 1 aromatic carbocycles. The molecule has 1 heterocycles. The highest BCUT2D eigenvalue weighted by molar-refractivity contribution is 8.00. The highest BCUT2D eigenvalue weighted by atomic mass is 32.2. The number of aryl methyl sites for hydroxylation is 1. The Balaban J connectivity index is 1.52. The van der Waals surface area contributed by atoms with E-state index < -0.39 is 5.97 Å². The molecular weight excluding hydrogens is 408 g/mol. The fourth-order valence-corrected chi connectivity index (χ4v) is 5.33. The van der Waals surface area contributed by atoms with Crippen LogP contribution in [-0.4, -0.2) is 34.4 Å². The van der Waals surface area contributed by atoms with Crippen LogP contribution in [0.15, 0.2) is 24.3 Å². The predicted molar refractivity (Wildman–Crippen MR) is 118 cm³/mol. The number of carboxylic acid groups (broad SMARTS) is 1. The van der Waals surface area contributed by atoms with Crippen LogP contribution in [0.2, 0.25) is 0 Å². The minimum Gasteiger partial charge on any atom is -0.478 e. The molecule has 154 valence electrons. The molecule has 0 fully saturated rings. The molecule has 2 aromatic rings. The first-order valence-electron chi connectivity index (χ1n) is 9.45. The van der Waals surface area contributed by atoms with E-state index in [4.69, 9.17) is 0 Å². The smallest absolute Gasteiger partial charge is 0.339 e. The molecule has 2 amide bonds. The molecule has 1 aliphatic carbocycles. The number of hydrogen-bond acceptors (Lipinski definition) is 5. The monoisotopic (exact) mass is 432 g/mol. The molecule has 0 bridgehead atoms. The SMILES string of the molecule is Cc1ccc(NC(=O)CSCC(=O)Nc2sc3c(c2C(=O)O)CCC(C)C3)cc1. The molecule has 8 heteroatoms. The maximum Gasteiger partial charge on any atom is 0.339 e. The van der Waals surface area contributed by atoms with E-state index in [1.807, 2.05) is 31.2 Å². The molecule has 1 atom stereocenters. The third kappa shape index (κ3) is 5.61. The van der Waals surface area contributed by atoms with E-state index in [-0.39, 0.29) is 28.9 Å². The second kappa shape index (κ2) is 9.45.